The zero-order valence-electron chi connectivity index (χ0n) is 35.6. The molecule has 0 aliphatic heterocycles. The van der Waals surface area contributed by atoms with Gasteiger partial charge < -0.3 is 29.1 Å². The largest absolute Gasteiger partial charge is 0.472 e. The number of ether oxygens (including phenoxy) is 2. The topological polar surface area (TPSA) is 166 Å². The van der Waals surface area contributed by atoms with Gasteiger partial charge in [0.2, 0.25) is 0 Å². The van der Waals surface area contributed by atoms with E-state index in [-0.39, 0.29) is 44.2 Å². The number of phosphoric acid groups is 1. The van der Waals surface area contributed by atoms with E-state index in [1.165, 1.54) is 51.4 Å². The summed E-state index contributed by atoms with van der Waals surface area (Å²) in [4.78, 5) is 48.0. The molecule has 1 unspecified atom stereocenters. The number of hydrogen-bond donors (Lipinski definition) is 3. The minimum absolute atomic E-state index is 0.0150. The summed E-state index contributed by atoms with van der Waals surface area (Å²) in [6, 6.07) is 0. The van der Waals surface area contributed by atoms with Crippen molar-refractivity contribution in [3.8, 4) is 0 Å². The van der Waals surface area contributed by atoms with E-state index in [1.54, 1.807) is 12.2 Å². The third-order valence-electron chi connectivity index (χ3n) is 10.1. The van der Waals surface area contributed by atoms with E-state index < -0.39 is 50.6 Å². The number of carbonyl (C=O) groups is 3. The minimum atomic E-state index is -4.44. The number of Topliss-reactive ketones (excluding diaryl/α,β-unsaturated/α-hetero) is 1. The average Bonchev–Trinajstić information content (AvgIpc) is 3.40. The summed E-state index contributed by atoms with van der Waals surface area (Å²) in [5.41, 5.74) is 0. The first kappa shape index (κ1) is 52.1. The third-order valence-corrected chi connectivity index (χ3v) is 11.1. The molecule has 0 heterocycles. The van der Waals surface area contributed by atoms with Crippen molar-refractivity contribution < 1.29 is 57.1 Å². The van der Waals surface area contributed by atoms with Gasteiger partial charge in [-0.2, -0.15) is 0 Å². The molecule has 0 aromatic heterocycles. The number of likely N-dealkylation sites (N-methyl/N-ethyl adjacent to an activating group) is 1. The van der Waals surface area contributed by atoms with E-state index >= 15 is 0 Å². The molecular weight excluding hydrogens is 737 g/mol. The molecule has 0 aromatic rings. The summed E-state index contributed by atoms with van der Waals surface area (Å²) in [5.74, 6) is -1.74. The lowest BCUT2D eigenvalue weighted by molar-refractivity contribution is -0.870. The highest BCUT2D eigenvalue weighted by molar-refractivity contribution is 7.47. The van der Waals surface area contributed by atoms with Crippen LogP contribution in [0.3, 0.4) is 0 Å². The Morgan fingerprint density at radius 3 is 2.04 bits per heavy atom. The molecule has 1 rings (SSSR count). The molecule has 1 saturated carbocycles. The number of carbonyl (C=O) groups excluding carboxylic acids is 3. The second kappa shape index (κ2) is 31.1. The number of ketones is 1. The maximum atomic E-state index is 12.8. The first-order valence-corrected chi connectivity index (χ1v) is 23.2. The van der Waals surface area contributed by atoms with Gasteiger partial charge >= 0.3 is 19.8 Å². The molecule has 12 nitrogen and oxygen atoms in total. The van der Waals surface area contributed by atoms with Crippen LogP contribution in [0.4, 0.5) is 0 Å². The second-order valence-corrected chi connectivity index (χ2v) is 18.0. The number of nitrogens with zero attached hydrogens (tertiary/aromatic N) is 1. The molecule has 0 amide bonds. The molecule has 1 aliphatic carbocycles. The average molecular weight is 817 g/mol. The van der Waals surface area contributed by atoms with Crippen LogP contribution in [-0.2, 0) is 37.5 Å². The Hall–Kier alpha value is -1.92. The Kier molecular flexibility index (Phi) is 28.9. The number of aliphatic hydroxyl groups excluding tert-OH is 2. The van der Waals surface area contributed by atoms with Crippen LogP contribution in [0.2, 0.25) is 0 Å². The molecule has 13 heteroatoms. The first-order chi connectivity index (χ1) is 26.7. The lowest BCUT2D eigenvalue weighted by Gasteiger charge is -2.24. The summed E-state index contributed by atoms with van der Waals surface area (Å²) in [6.07, 6.45) is 24.5. The van der Waals surface area contributed by atoms with Crippen molar-refractivity contribution in [3.63, 3.8) is 0 Å². The van der Waals surface area contributed by atoms with Gasteiger partial charge in [0.1, 0.15) is 25.5 Å². The fraction of sp³-hybridized carbons (Fsp3) is 0.837. The van der Waals surface area contributed by atoms with Crippen molar-refractivity contribution in [1.29, 1.82) is 0 Å². The van der Waals surface area contributed by atoms with Gasteiger partial charge in [0.15, 0.2) is 6.10 Å². The Morgan fingerprint density at radius 1 is 0.821 bits per heavy atom. The SMILES string of the molecule is CCCCCCCCCCCCCCC(=O)OC[C@H](COP(=O)(O)OCC[N+](C)(C)C)OC(=O)CCC/C=C\C[C@H]1[C@@H](O)CC(=O)[C@@H]1/C=C/[C@@H](O)CCCCC. The Labute approximate surface area is 339 Å². The molecule has 0 aromatic carbocycles. The zero-order valence-corrected chi connectivity index (χ0v) is 36.5. The van der Waals surface area contributed by atoms with Crippen LogP contribution in [0.25, 0.3) is 0 Å². The molecule has 0 spiro atoms. The predicted octanol–water partition coefficient (Wildman–Crippen LogP) is 8.55. The number of unbranched alkanes of at least 4 members (excludes halogenated alkanes) is 14. The molecule has 0 radical (unpaired) electrons. The predicted molar refractivity (Wildman–Crippen MR) is 221 cm³/mol. The van der Waals surface area contributed by atoms with Gasteiger partial charge in [-0.3, -0.25) is 23.4 Å². The van der Waals surface area contributed by atoms with Crippen molar-refractivity contribution in [2.45, 2.75) is 173 Å². The smallest absolute Gasteiger partial charge is 0.462 e. The lowest BCUT2D eigenvalue weighted by Crippen LogP contribution is -2.37. The van der Waals surface area contributed by atoms with E-state index in [0.29, 0.717) is 43.1 Å². The van der Waals surface area contributed by atoms with Crippen molar-refractivity contribution in [1.82, 2.24) is 0 Å². The van der Waals surface area contributed by atoms with Gasteiger partial charge in [0, 0.05) is 31.1 Å². The third kappa shape index (κ3) is 27.7. The van der Waals surface area contributed by atoms with Crippen LogP contribution in [0, 0.1) is 11.8 Å². The molecule has 1 aliphatic rings. The van der Waals surface area contributed by atoms with E-state index in [4.69, 9.17) is 18.5 Å². The van der Waals surface area contributed by atoms with E-state index in [0.717, 1.165) is 38.5 Å². The Morgan fingerprint density at radius 2 is 1.41 bits per heavy atom. The van der Waals surface area contributed by atoms with Crippen molar-refractivity contribution in [2.24, 2.45) is 11.8 Å². The minimum Gasteiger partial charge on any atom is -0.462 e. The number of rotatable bonds is 35. The van der Waals surface area contributed by atoms with Crippen LogP contribution in [0.1, 0.15) is 155 Å². The monoisotopic (exact) mass is 817 g/mol. The highest BCUT2D eigenvalue weighted by atomic mass is 31.2. The molecule has 326 valence electrons. The number of hydrogen-bond acceptors (Lipinski definition) is 10. The van der Waals surface area contributed by atoms with E-state index in [2.05, 4.69) is 13.8 Å². The molecule has 6 atom stereocenters. The molecule has 1 fully saturated rings. The van der Waals surface area contributed by atoms with Crippen LogP contribution in [0.5, 0.6) is 0 Å². The summed E-state index contributed by atoms with van der Waals surface area (Å²) >= 11 is 0. The van der Waals surface area contributed by atoms with Gasteiger partial charge in [-0.15, -0.1) is 0 Å². The quantitative estimate of drug-likeness (QED) is 0.0185. The lowest BCUT2D eigenvalue weighted by atomic mass is 9.90. The molecular formula is C43H79NO11P+. The maximum absolute atomic E-state index is 12.8. The van der Waals surface area contributed by atoms with Crippen LogP contribution in [0.15, 0.2) is 24.3 Å². The number of phosphoric ester groups is 1. The fourth-order valence-corrected chi connectivity index (χ4v) is 7.32. The van der Waals surface area contributed by atoms with Crippen LogP contribution in [-0.4, -0.2) is 103 Å². The van der Waals surface area contributed by atoms with Crippen LogP contribution < -0.4 is 0 Å². The number of allylic oxidation sites excluding steroid dienone is 3. The van der Waals surface area contributed by atoms with Crippen molar-refractivity contribution >= 4 is 25.5 Å². The normalized spacial score (nSPS) is 19.8. The van der Waals surface area contributed by atoms with Crippen molar-refractivity contribution in [3.05, 3.63) is 24.3 Å². The molecule has 3 N–H and O–H groups in total. The Balaban J connectivity index is 2.54. The zero-order chi connectivity index (χ0) is 41.7. The van der Waals surface area contributed by atoms with Gasteiger partial charge in [0.05, 0.1) is 40.0 Å². The van der Waals surface area contributed by atoms with Gasteiger partial charge in [0.25, 0.3) is 0 Å². The molecule has 0 bridgehead atoms. The standard InChI is InChI=1S/C43H78NO11P/c1-6-8-10-11-12-13-14-15-16-17-18-23-27-42(48)52-34-37(35-54-56(50,51)53-32-31-44(3,4)5)55-43(49)28-24-20-19-22-26-38-39(41(47)33-40(38)46)30-29-36(45)25-21-9-7-2/h19,22,29-30,36-40,45-46H,6-18,20-21,23-28,31-35H2,1-5H3/p+1/b22-19-,30-29+/t36-,37+,38+,39+,40-/m0/s1. The first-order valence-electron chi connectivity index (χ1n) is 21.7. The maximum Gasteiger partial charge on any atom is 0.472 e. The van der Waals surface area contributed by atoms with Crippen LogP contribution >= 0.6 is 7.82 Å². The molecule has 0 saturated heterocycles. The number of quaternary nitrogens is 1. The summed E-state index contributed by atoms with van der Waals surface area (Å²) < 4.78 is 34.2. The Bertz CT molecular complexity index is 1170. The number of esters is 2. The van der Waals surface area contributed by atoms with Gasteiger partial charge in [-0.25, -0.2) is 4.57 Å². The summed E-state index contributed by atoms with van der Waals surface area (Å²) in [6.45, 7) is 3.99. The summed E-state index contributed by atoms with van der Waals surface area (Å²) in [7, 11) is 1.32. The second-order valence-electron chi connectivity index (χ2n) is 16.5. The molecule has 56 heavy (non-hydrogen) atoms. The number of aliphatic hydroxyl groups is 2. The van der Waals surface area contributed by atoms with E-state index in [9.17, 15) is 34.1 Å². The van der Waals surface area contributed by atoms with Gasteiger partial charge in [-0.05, 0) is 32.1 Å². The highest BCUT2D eigenvalue weighted by Gasteiger charge is 2.39. The summed E-state index contributed by atoms with van der Waals surface area (Å²) in [5, 5.41) is 20.7. The fourth-order valence-electron chi connectivity index (χ4n) is 6.58. The van der Waals surface area contributed by atoms with Crippen molar-refractivity contribution in [2.75, 3.05) is 47.5 Å². The van der Waals surface area contributed by atoms with Gasteiger partial charge in [-0.1, -0.05) is 128 Å². The highest BCUT2D eigenvalue weighted by Crippen LogP contribution is 2.43. The van der Waals surface area contributed by atoms with E-state index in [1.807, 2.05) is 33.3 Å².